The van der Waals surface area contributed by atoms with Crippen LogP contribution in [0.2, 0.25) is 5.28 Å². The predicted octanol–water partition coefficient (Wildman–Crippen LogP) is 1.88. The maximum atomic E-state index is 10.9. The van der Waals surface area contributed by atoms with Crippen molar-refractivity contribution in [1.29, 1.82) is 0 Å². The van der Waals surface area contributed by atoms with Crippen molar-refractivity contribution in [2.75, 3.05) is 5.32 Å². The highest BCUT2D eigenvalue weighted by atomic mass is 35.5. The normalized spacial score (nSPS) is 10.1. The Bertz CT molecular complexity index is 674. The van der Waals surface area contributed by atoms with Crippen molar-refractivity contribution in [1.82, 2.24) is 9.97 Å². The van der Waals surface area contributed by atoms with Gasteiger partial charge in [-0.05, 0) is 35.9 Å². The summed E-state index contributed by atoms with van der Waals surface area (Å²) in [6.07, 6.45) is 1.01. The number of hydrogen-bond acceptors (Lipinski definition) is 6. The van der Waals surface area contributed by atoms with E-state index in [1.165, 1.54) is 12.1 Å². The van der Waals surface area contributed by atoms with Gasteiger partial charge in [0.25, 0.3) is 0 Å². The van der Waals surface area contributed by atoms with Crippen LogP contribution in [0.4, 0.5) is 17.2 Å². The molecule has 1 heterocycles. The van der Waals surface area contributed by atoms with Crippen LogP contribution in [0, 0.1) is 10.1 Å². The molecule has 3 N–H and O–H groups in total. The first-order valence-corrected chi connectivity index (χ1v) is 5.69. The molecule has 0 aliphatic carbocycles. The molecule has 2 rings (SSSR count). The minimum atomic E-state index is -0.629. The van der Waals surface area contributed by atoms with Gasteiger partial charge in [-0.2, -0.15) is 4.98 Å². The lowest BCUT2D eigenvalue weighted by Gasteiger charge is -2.06. The second-order valence-corrected chi connectivity index (χ2v) is 4.03. The van der Waals surface area contributed by atoms with Crippen LogP contribution in [0.5, 0.6) is 0 Å². The van der Waals surface area contributed by atoms with Crippen LogP contribution in [-0.2, 0) is 0 Å². The summed E-state index contributed by atoms with van der Waals surface area (Å²) in [5.41, 5.74) is 5.62. The molecule has 1 aromatic carbocycles. The molecule has 0 aliphatic heterocycles. The molecule has 9 heteroatoms. The Balaban J connectivity index is 2.31. The molecule has 0 spiro atoms. The zero-order valence-corrected chi connectivity index (χ0v) is 10.7. The fraction of sp³-hybridized carbons (Fsp3) is 0. The molecule has 0 saturated heterocycles. The Morgan fingerprint density at radius 3 is 2.55 bits per heavy atom. The van der Waals surface area contributed by atoms with Gasteiger partial charge in [-0.1, -0.05) is 0 Å². The van der Waals surface area contributed by atoms with Gasteiger partial charge < -0.3 is 11.1 Å². The van der Waals surface area contributed by atoms with Crippen molar-refractivity contribution in [3.63, 3.8) is 0 Å². The minimum absolute atomic E-state index is 0.0400. The highest BCUT2D eigenvalue weighted by molar-refractivity contribution is 6.28. The number of primary amides is 1. The number of aromatic nitrogens is 2. The molecule has 8 nitrogen and oxygen atoms in total. The van der Waals surface area contributed by atoms with Gasteiger partial charge in [0.2, 0.25) is 17.0 Å². The third kappa shape index (κ3) is 2.98. The number of nitrogens with zero attached hydrogens (tertiary/aromatic N) is 3. The first kappa shape index (κ1) is 13.7. The van der Waals surface area contributed by atoms with Gasteiger partial charge in [0, 0.05) is 11.3 Å². The van der Waals surface area contributed by atoms with Crippen LogP contribution in [0.25, 0.3) is 0 Å². The lowest BCUT2D eigenvalue weighted by atomic mass is 10.2. The lowest BCUT2D eigenvalue weighted by molar-refractivity contribution is -0.384. The van der Waals surface area contributed by atoms with E-state index in [-0.39, 0.29) is 16.8 Å². The van der Waals surface area contributed by atoms with Crippen molar-refractivity contribution in [3.05, 3.63) is 51.4 Å². The lowest BCUT2D eigenvalue weighted by Crippen LogP contribution is -2.10. The first-order valence-electron chi connectivity index (χ1n) is 5.31. The maximum absolute atomic E-state index is 10.9. The van der Waals surface area contributed by atoms with Gasteiger partial charge in [0.1, 0.15) is 6.20 Å². The SMILES string of the molecule is NC(=O)c1ccc(Nc2nc(Cl)ncc2[N+](=O)[O-])cc1. The second-order valence-electron chi connectivity index (χ2n) is 3.70. The largest absolute Gasteiger partial charge is 0.366 e. The molecule has 0 fully saturated rings. The average Bonchev–Trinajstić information content (AvgIpc) is 2.39. The summed E-state index contributed by atoms with van der Waals surface area (Å²) in [6, 6.07) is 6.05. The number of benzene rings is 1. The summed E-state index contributed by atoms with van der Waals surface area (Å²) in [6.45, 7) is 0. The first-order chi connectivity index (χ1) is 9.47. The Labute approximate surface area is 117 Å². The van der Waals surface area contributed by atoms with E-state index < -0.39 is 10.8 Å². The van der Waals surface area contributed by atoms with Gasteiger partial charge in [0.15, 0.2) is 0 Å². The molecule has 2 aromatic rings. The Morgan fingerprint density at radius 1 is 1.35 bits per heavy atom. The van der Waals surface area contributed by atoms with Crippen LogP contribution in [0.1, 0.15) is 10.4 Å². The van der Waals surface area contributed by atoms with E-state index in [0.717, 1.165) is 6.20 Å². The summed E-state index contributed by atoms with van der Waals surface area (Å²) >= 11 is 5.61. The third-order valence-electron chi connectivity index (χ3n) is 2.37. The Morgan fingerprint density at radius 2 is 2.00 bits per heavy atom. The van der Waals surface area contributed by atoms with E-state index in [1.54, 1.807) is 12.1 Å². The number of hydrogen-bond donors (Lipinski definition) is 2. The zero-order valence-electron chi connectivity index (χ0n) is 9.91. The fourth-order valence-electron chi connectivity index (χ4n) is 1.43. The van der Waals surface area contributed by atoms with Gasteiger partial charge in [-0.25, -0.2) is 4.98 Å². The Kier molecular flexibility index (Phi) is 3.76. The fourth-order valence-corrected chi connectivity index (χ4v) is 1.57. The molecule has 1 aromatic heterocycles. The quantitative estimate of drug-likeness (QED) is 0.504. The second kappa shape index (κ2) is 5.49. The molecule has 0 bridgehead atoms. The summed E-state index contributed by atoms with van der Waals surface area (Å²) in [5.74, 6) is -0.602. The van der Waals surface area contributed by atoms with Gasteiger partial charge in [-0.3, -0.25) is 14.9 Å². The molecule has 102 valence electrons. The van der Waals surface area contributed by atoms with Gasteiger partial charge in [0.05, 0.1) is 4.92 Å². The molecular weight excluding hydrogens is 286 g/mol. The number of halogens is 1. The van der Waals surface area contributed by atoms with Crippen LogP contribution < -0.4 is 11.1 Å². The van der Waals surface area contributed by atoms with E-state index in [9.17, 15) is 14.9 Å². The molecule has 20 heavy (non-hydrogen) atoms. The highest BCUT2D eigenvalue weighted by Gasteiger charge is 2.17. The van der Waals surface area contributed by atoms with Crippen molar-refractivity contribution in [2.45, 2.75) is 0 Å². The smallest absolute Gasteiger partial charge is 0.329 e. The van der Waals surface area contributed by atoms with Crippen LogP contribution in [0.3, 0.4) is 0 Å². The number of carbonyl (C=O) groups excluding carboxylic acids is 1. The van der Waals surface area contributed by atoms with Crippen molar-refractivity contribution in [2.24, 2.45) is 5.73 Å². The monoisotopic (exact) mass is 293 g/mol. The molecular formula is C11H8ClN5O3. The summed E-state index contributed by atoms with van der Waals surface area (Å²) < 4.78 is 0. The topological polar surface area (TPSA) is 124 Å². The predicted molar refractivity (Wildman–Crippen MR) is 71.9 cm³/mol. The van der Waals surface area contributed by atoms with Crippen LogP contribution in [0.15, 0.2) is 30.5 Å². The zero-order chi connectivity index (χ0) is 14.7. The third-order valence-corrected chi connectivity index (χ3v) is 2.55. The molecule has 0 unspecified atom stereocenters. The number of nitrogens with two attached hydrogens (primary N) is 1. The van der Waals surface area contributed by atoms with Crippen molar-refractivity contribution in [3.8, 4) is 0 Å². The number of nitrogens with one attached hydrogen (secondary N) is 1. The van der Waals surface area contributed by atoms with Gasteiger partial charge in [-0.15, -0.1) is 0 Å². The van der Waals surface area contributed by atoms with E-state index in [4.69, 9.17) is 17.3 Å². The van der Waals surface area contributed by atoms with Crippen LogP contribution in [-0.4, -0.2) is 20.8 Å². The van der Waals surface area contributed by atoms with Gasteiger partial charge >= 0.3 is 5.69 Å². The minimum Gasteiger partial charge on any atom is -0.366 e. The maximum Gasteiger partial charge on any atom is 0.329 e. The molecule has 0 saturated carbocycles. The number of amides is 1. The van der Waals surface area contributed by atoms with Crippen molar-refractivity contribution >= 4 is 34.7 Å². The standard InChI is InChI=1S/C11H8ClN5O3/c12-11-14-5-8(17(19)20)10(16-11)15-7-3-1-6(2-4-7)9(13)18/h1-5H,(H2,13,18)(H,14,15,16). The van der Waals surface area contributed by atoms with Crippen molar-refractivity contribution < 1.29 is 9.72 Å². The molecule has 1 amide bonds. The number of carbonyl (C=O) groups is 1. The van der Waals surface area contributed by atoms with E-state index in [1.807, 2.05) is 0 Å². The number of rotatable bonds is 4. The van der Waals surface area contributed by atoms with Crippen LogP contribution >= 0.6 is 11.6 Å². The average molecular weight is 294 g/mol. The number of anilines is 2. The highest BCUT2D eigenvalue weighted by Crippen LogP contribution is 2.25. The molecule has 0 aliphatic rings. The number of nitro groups is 1. The van der Waals surface area contributed by atoms with E-state index >= 15 is 0 Å². The molecule has 0 radical (unpaired) electrons. The van der Waals surface area contributed by atoms with E-state index in [2.05, 4.69) is 15.3 Å². The van der Waals surface area contributed by atoms with E-state index in [0.29, 0.717) is 11.3 Å². The molecule has 0 atom stereocenters. The Hall–Kier alpha value is -2.74. The summed E-state index contributed by atoms with van der Waals surface area (Å²) in [7, 11) is 0. The summed E-state index contributed by atoms with van der Waals surface area (Å²) in [4.78, 5) is 28.5. The summed E-state index contributed by atoms with van der Waals surface area (Å²) in [5, 5.41) is 13.5.